The second kappa shape index (κ2) is 8.87. The number of hydrogen-bond acceptors (Lipinski definition) is 5. The van der Waals surface area contributed by atoms with Crippen molar-refractivity contribution in [3.05, 3.63) is 72.2 Å². The van der Waals surface area contributed by atoms with Gasteiger partial charge in [-0.3, -0.25) is 0 Å². The van der Waals surface area contributed by atoms with E-state index in [-0.39, 0.29) is 6.79 Å². The van der Waals surface area contributed by atoms with E-state index in [9.17, 15) is 0 Å². The SMILES string of the molecule is CCOc1ccc(NC(=S)N(Cc2ccc3c(c2)OCO3)Cc2ccco2)cc1. The second-order valence-corrected chi connectivity index (χ2v) is 6.90. The van der Waals surface area contributed by atoms with Gasteiger partial charge in [0.15, 0.2) is 16.6 Å². The Morgan fingerprint density at radius 2 is 1.90 bits per heavy atom. The number of nitrogens with one attached hydrogen (secondary N) is 1. The number of furan rings is 1. The number of thiocarbonyl (C=S) groups is 1. The number of hydrogen-bond donors (Lipinski definition) is 1. The summed E-state index contributed by atoms with van der Waals surface area (Å²) in [6.45, 7) is 4.00. The molecule has 29 heavy (non-hydrogen) atoms. The first-order chi connectivity index (χ1) is 14.2. The summed E-state index contributed by atoms with van der Waals surface area (Å²) in [7, 11) is 0. The highest BCUT2D eigenvalue weighted by Crippen LogP contribution is 2.33. The van der Waals surface area contributed by atoms with Crippen LogP contribution < -0.4 is 19.5 Å². The largest absolute Gasteiger partial charge is 0.494 e. The summed E-state index contributed by atoms with van der Waals surface area (Å²) in [4.78, 5) is 2.04. The third-order valence-corrected chi connectivity index (χ3v) is 4.80. The van der Waals surface area contributed by atoms with Crippen LogP contribution in [0.25, 0.3) is 0 Å². The number of anilines is 1. The van der Waals surface area contributed by atoms with Crippen molar-refractivity contribution in [2.45, 2.75) is 20.0 Å². The van der Waals surface area contributed by atoms with Gasteiger partial charge in [-0.15, -0.1) is 0 Å². The van der Waals surface area contributed by atoms with Crippen LogP contribution in [-0.2, 0) is 13.1 Å². The minimum absolute atomic E-state index is 0.257. The Morgan fingerprint density at radius 3 is 2.66 bits per heavy atom. The highest BCUT2D eigenvalue weighted by atomic mass is 32.1. The van der Waals surface area contributed by atoms with Crippen LogP contribution in [0.15, 0.2) is 65.3 Å². The van der Waals surface area contributed by atoms with E-state index >= 15 is 0 Å². The van der Waals surface area contributed by atoms with Crippen molar-refractivity contribution in [1.29, 1.82) is 0 Å². The van der Waals surface area contributed by atoms with E-state index in [0.717, 1.165) is 34.3 Å². The Hall–Kier alpha value is -3.19. The first-order valence-electron chi connectivity index (χ1n) is 9.41. The molecule has 0 spiro atoms. The lowest BCUT2D eigenvalue weighted by atomic mass is 10.2. The molecule has 0 saturated heterocycles. The molecule has 7 heteroatoms. The smallest absolute Gasteiger partial charge is 0.231 e. The van der Waals surface area contributed by atoms with Crippen molar-refractivity contribution in [1.82, 2.24) is 4.90 Å². The minimum Gasteiger partial charge on any atom is -0.494 e. The maximum atomic E-state index is 5.70. The third-order valence-electron chi connectivity index (χ3n) is 4.44. The summed E-state index contributed by atoms with van der Waals surface area (Å²) in [6.07, 6.45) is 1.66. The lowest BCUT2D eigenvalue weighted by Crippen LogP contribution is -2.33. The number of ether oxygens (including phenoxy) is 3. The molecule has 1 aliphatic rings. The molecule has 0 amide bonds. The fraction of sp³-hybridized carbons (Fsp3) is 0.227. The van der Waals surface area contributed by atoms with E-state index in [0.29, 0.717) is 24.8 Å². The fourth-order valence-corrected chi connectivity index (χ4v) is 3.30. The molecule has 2 heterocycles. The normalized spacial score (nSPS) is 11.9. The predicted molar refractivity (Wildman–Crippen MR) is 114 cm³/mol. The monoisotopic (exact) mass is 410 g/mol. The van der Waals surface area contributed by atoms with E-state index in [1.54, 1.807) is 6.26 Å². The van der Waals surface area contributed by atoms with Gasteiger partial charge in [-0.05, 0) is 73.2 Å². The maximum Gasteiger partial charge on any atom is 0.231 e. The molecule has 0 radical (unpaired) electrons. The predicted octanol–water partition coefficient (Wildman–Crippen LogP) is 4.81. The molecule has 0 saturated carbocycles. The lowest BCUT2D eigenvalue weighted by Gasteiger charge is -2.25. The molecule has 150 valence electrons. The second-order valence-electron chi connectivity index (χ2n) is 6.51. The number of nitrogens with zero attached hydrogens (tertiary/aromatic N) is 1. The van der Waals surface area contributed by atoms with Crippen molar-refractivity contribution < 1.29 is 18.6 Å². The average Bonchev–Trinajstić information content (AvgIpc) is 3.40. The minimum atomic E-state index is 0.257. The van der Waals surface area contributed by atoms with Gasteiger partial charge >= 0.3 is 0 Å². The van der Waals surface area contributed by atoms with Crippen molar-refractivity contribution >= 4 is 23.0 Å². The third kappa shape index (κ3) is 4.81. The van der Waals surface area contributed by atoms with E-state index < -0.39 is 0 Å². The highest BCUT2D eigenvalue weighted by molar-refractivity contribution is 7.80. The van der Waals surface area contributed by atoms with Crippen molar-refractivity contribution in [2.75, 3.05) is 18.7 Å². The summed E-state index contributed by atoms with van der Waals surface area (Å²) >= 11 is 5.70. The zero-order valence-electron chi connectivity index (χ0n) is 16.1. The standard InChI is InChI=1S/C22H22N2O4S/c1-2-25-18-8-6-17(7-9-18)23-22(29)24(14-19-4-3-11-26-19)13-16-5-10-20-21(12-16)28-15-27-20/h3-12H,2,13-15H2,1H3,(H,23,29). The van der Waals surface area contributed by atoms with Crippen LogP contribution in [0, 0.1) is 0 Å². The Kier molecular flexibility index (Phi) is 5.86. The molecule has 4 rings (SSSR count). The molecule has 1 aromatic heterocycles. The van der Waals surface area contributed by atoms with Gasteiger partial charge in [0.05, 0.1) is 19.4 Å². The zero-order valence-corrected chi connectivity index (χ0v) is 16.9. The van der Waals surface area contributed by atoms with Gasteiger partial charge in [-0.2, -0.15) is 0 Å². The van der Waals surface area contributed by atoms with Crippen LogP contribution >= 0.6 is 12.2 Å². The fourth-order valence-electron chi connectivity index (χ4n) is 3.05. The molecule has 0 bridgehead atoms. The summed E-state index contributed by atoms with van der Waals surface area (Å²) in [5.41, 5.74) is 1.96. The summed E-state index contributed by atoms with van der Waals surface area (Å²) in [6, 6.07) is 17.5. The van der Waals surface area contributed by atoms with Gasteiger partial charge in [-0.25, -0.2) is 0 Å². The molecule has 3 aromatic rings. The Balaban J connectivity index is 1.49. The zero-order chi connectivity index (χ0) is 20.1. The first-order valence-corrected chi connectivity index (χ1v) is 9.82. The molecule has 0 atom stereocenters. The van der Waals surface area contributed by atoms with Crippen LogP contribution in [0.3, 0.4) is 0 Å². The Morgan fingerprint density at radius 1 is 1.07 bits per heavy atom. The van der Waals surface area contributed by atoms with E-state index in [1.807, 2.05) is 66.4 Å². The van der Waals surface area contributed by atoms with E-state index in [1.165, 1.54) is 0 Å². The molecular formula is C22H22N2O4S. The molecule has 0 fully saturated rings. The molecule has 1 N–H and O–H groups in total. The van der Waals surface area contributed by atoms with Crippen LogP contribution in [-0.4, -0.2) is 23.4 Å². The van der Waals surface area contributed by atoms with E-state index in [4.69, 9.17) is 30.8 Å². The van der Waals surface area contributed by atoms with Gasteiger partial charge < -0.3 is 28.8 Å². The van der Waals surface area contributed by atoms with Crippen LogP contribution in [0.2, 0.25) is 0 Å². The number of benzene rings is 2. The van der Waals surface area contributed by atoms with Crippen molar-refractivity contribution in [2.24, 2.45) is 0 Å². The van der Waals surface area contributed by atoms with Gasteiger partial charge in [0.2, 0.25) is 6.79 Å². The summed E-state index contributed by atoms with van der Waals surface area (Å²) in [5, 5.41) is 3.90. The Labute approximate surface area is 175 Å². The Bertz CT molecular complexity index is 957. The molecular weight excluding hydrogens is 388 g/mol. The van der Waals surface area contributed by atoms with E-state index in [2.05, 4.69) is 5.32 Å². The van der Waals surface area contributed by atoms with Crippen LogP contribution in [0.5, 0.6) is 17.2 Å². The highest BCUT2D eigenvalue weighted by Gasteiger charge is 2.17. The molecule has 0 aliphatic carbocycles. The number of fused-ring (bicyclic) bond motifs is 1. The topological polar surface area (TPSA) is 56.1 Å². The van der Waals surface area contributed by atoms with Gasteiger partial charge in [0.1, 0.15) is 11.5 Å². The van der Waals surface area contributed by atoms with Crippen LogP contribution in [0.1, 0.15) is 18.2 Å². The molecule has 0 unspecified atom stereocenters. The molecule has 2 aromatic carbocycles. The van der Waals surface area contributed by atoms with Crippen molar-refractivity contribution in [3.63, 3.8) is 0 Å². The lowest BCUT2D eigenvalue weighted by molar-refractivity contribution is 0.174. The molecule has 6 nitrogen and oxygen atoms in total. The van der Waals surface area contributed by atoms with Crippen LogP contribution in [0.4, 0.5) is 5.69 Å². The maximum absolute atomic E-state index is 5.70. The van der Waals surface area contributed by atoms with Gasteiger partial charge in [0, 0.05) is 12.2 Å². The average molecular weight is 410 g/mol. The molecule has 1 aliphatic heterocycles. The quantitative estimate of drug-likeness (QED) is 0.561. The first kappa shape index (κ1) is 19.1. The van der Waals surface area contributed by atoms with Crippen molar-refractivity contribution in [3.8, 4) is 17.2 Å². The van der Waals surface area contributed by atoms with Gasteiger partial charge in [0.25, 0.3) is 0 Å². The summed E-state index contributed by atoms with van der Waals surface area (Å²) in [5.74, 6) is 3.19. The number of rotatable bonds is 7. The van der Waals surface area contributed by atoms with Gasteiger partial charge in [-0.1, -0.05) is 6.07 Å². The summed E-state index contributed by atoms with van der Waals surface area (Å²) < 4.78 is 21.9.